The Hall–Kier alpha value is -2.77. The first kappa shape index (κ1) is 14.2. The van der Waals surface area contributed by atoms with Crippen molar-refractivity contribution in [2.75, 3.05) is 36.5 Å². The van der Waals surface area contributed by atoms with Crippen molar-refractivity contribution in [2.24, 2.45) is 0 Å². The third-order valence-electron chi connectivity index (χ3n) is 3.35. The summed E-state index contributed by atoms with van der Waals surface area (Å²) < 4.78 is 17.9. The molecule has 1 fully saturated rings. The smallest absolute Gasteiger partial charge is 0.246 e. The molecule has 0 unspecified atom stereocenters. The number of anilines is 2. The van der Waals surface area contributed by atoms with Crippen LogP contribution < -0.4 is 14.5 Å². The number of ether oxygens (including phenoxy) is 1. The number of methoxy groups -OCH3 is 1. The molecule has 2 aromatic rings. The molecule has 8 heteroatoms. The molecule has 0 aromatic carbocycles. The largest absolute Gasteiger partial charge is 0.481 e. The summed E-state index contributed by atoms with van der Waals surface area (Å²) in [5.74, 6) is 0.210. The molecule has 1 aliphatic rings. The predicted octanol–water partition coefficient (Wildman–Crippen LogP) is 0.872. The molecule has 1 aliphatic heterocycles. The molecular formula is C14H14FN5O2. The second kappa shape index (κ2) is 5.92. The molecule has 0 bridgehead atoms. The quantitative estimate of drug-likeness (QED) is 0.838. The molecule has 2 aromatic heterocycles. The summed E-state index contributed by atoms with van der Waals surface area (Å²) in [5, 5.41) is 0. The Labute approximate surface area is 126 Å². The van der Waals surface area contributed by atoms with E-state index in [1.54, 1.807) is 28.1 Å². The van der Waals surface area contributed by atoms with Gasteiger partial charge >= 0.3 is 0 Å². The molecule has 7 nitrogen and oxygen atoms in total. The summed E-state index contributed by atoms with van der Waals surface area (Å²) in [4.78, 5) is 27.5. The number of amides is 1. The number of carbonyl (C=O) groups excluding carboxylic acids is 1. The number of hydrogen-bond acceptors (Lipinski definition) is 6. The highest BCUT2D eigenvalue weighted by Crippen LogP contribution is 2.21. The first-order valence-corrected chi connectivity index (χ1v) is 6.70. The van der Waals surface area contributed by atoms with Crippen molar-refractivity contribution < 1.29 is 13.9 Å². The maximum atomic E-state index is 12.8. The first-order chi connectivity index (χ1) is 10.7. The Bertz CT molecular complexity index is 679. The van der Waals surface area contributed by atoms with E-state index < -0.39 is 5.82 Å². The van der Waals surface area contributed by atoms with E-state index in [1.165, 1.54) is 7.11 Å². The molecule has 1 saturated heterocycles. The van der Waals surface area contributed by atoms with Gasteiger partial charge in [-0.15, -0.1) is 0 Å². The Balaban J connectivity index is 1.74. The highest BCUT2D eigenvalue weighted by molar-refractivity contribution is 5.97. The molecule has 0 aliphatic carbocycles. The van der Waals surface area contributed by atoms with Crippen molar-refractivity contribution in [3.8, 4) is 5.88 Å². The van der Waals surface area contributed by atoms with Crippen molar-refractivity contribution in [3.05, 3.63) is 36.5 Å². The van der Waals surface area contributed by atoms with Crippen LogP contribution in [-0.4, -0.2) is 47.6 Å². The van der Waals surface area contributed by atoms with Gasteiger partial charge in [-0.1, -0.05) is 0 Å². The van der Waals surface area contributed by atoms with Gasteiger partial charge in [0, 0.05) is 25.4 Å². The summed E-state index contributed by atoms with van der Waals surface area (Å²) in [6, 6.07) is 3.46. The van der Waals surface area contributed by atoms with Gasteiger partial charge in [-0.2, -0.15) is 0 Å². The molecule has 0 atom stereocenters. The Morgan fingerprint density at radius 1 is 1.23 bits per heavy atom. The van der Waals surface area contributed by atoms with Crippen molar-refractivity contribution in [1.29, 1.82) is 0 Å². The maximum Gasteiger partial charge on any atom is 0.246 e. The van der Waals surface area contributed by atoms with E-state index in [9.17, 15) is 9.18 Å². The summed E-state index contributed by atoms with van der Waals surface area (Å²) in [6.07, 6.45) is 3.77. The van der Waals surface area contributed by atoms with E-state index in [0.29, 0.717) is 24.9 Å². The van der Waals surface area contributed by atoms with E-state index in [-0.39, 0.29) is 12.5 Å². The molecule has 1 amide bonds. The molecular weight excluding hydrogens is 289 g/mol. The number of hydrogen-bond donors (Lipinski definition) is 0. The van der Waals surface area contributed by atoms with E-state index >= 15 is 0 Å². The minimum absolute atomic E-state index is 0.0903. The zero-order valence-electron chi connectivity index (χ0n) is 11.9. The molecule has 114 valence electrons. The van der Waals surface area contributed by atoms with Gasteiger partial charge in [-0.05, 0) is 6.07 Å². The van der Waals surface area contributed by atoms with Gasteiger partial charge in [0.25, 0.3) is 0 Å². The SMILES string of the molecule is COc1cc(N2CCN(c3ncc(F)cn3)CC2=O)ccn1. The number of piperazine rings is 1. The van der Waals surface area contributed by atoms with Crippen LogP contribution in [0.1, 0.15) is 0 Å². The fourth-order valence-corrected chi connectivity index (χ4v) is 2.26. The van der Waals surface area contributed by atoms with Crippen LogP contribution in [0.3, 0.4) is 0 Å². The summed E-state index contributed by atoms with van der Waals surface area (Å²) in [7, 11) is 1.53. The highest BCUT2D eigenvalue weighted by atomic mass is 19.1. The Kier molecular flexibility index (Phi) is 3.82. The zero-order chi connectivity index (χ0) is 15.5. The normalized spacial score (nSPS) is 15.1. The molecule has 0 saturated carbocycles. The molecule has 3 heterocycles. The lowest BCUT2D eigenvalue weighted by Gasteiger charge is -2.34. The second-order valence-corrected chi connectivity index (χ2v) is 4.72. The zero-order valence-corrected chi connectivity index (χ0v) is 11.9. The minimum atomic E-state index is -0.502. The Morgan fingerprint density at radius 2 is 2.00 bits per heavy atom. The maximum absolute atomic E-state index is 12.8. The average Bonchev–Trinajstić information content (AvgIpc) is 2.55. The van der Waals surface area contributed by atoms with Crippen molar-refractivity contribution in [3.63, 3.8) is 0 Å². The van der Waals surface area contributed by atoms with E-state index in [1.807, 2.05) is 0 Å². The lowest BCUT2D eigenvalue weighted by molar-refractivity contribution is -0.117. The number of nitrogens with zero attached hydrogens (tertiary/aromatic N) is 5. The van der Waals surface area contributed by atoms with Gasteiger partial charge in [-0.3, -0.25) is 4.79 Å². The van der Waals surface area contributed by atoms with E-state index in [2.05, 4.69) is 15.0 Å². The van der Waals surface area contributed by atoms with Crippen LogP contribution in [0.5, 0.6) is 5.88 Å². The standard InChI is InChI=1S/C14H14FN5O2/c1-22-12-6-11(2-3-16-12)20-5-4-19(9-13(20)21)14-17-7-10(15)8-18-14/h2-3,6-8H,4-5,9H2,1H3. The van der Waals surface area contributed by atoms with Crippen LogP contribution in [-0.2, 0) is 4.79 Å². The second-order valence-electron chi connectivity index (χ2n) is 4.72. The van der Waals surface area contributed by atoms with Crippen molar-refractivity contribution >= 4 is 17.5 Å². The van der Waals surface area contributed by atoms with Crippen LogP contribution >= 0.6 is 0 Å². The van der Waals surface area contributed by atoms with Gasteiger partial charge in [0.05, 0.1) is 25.2 Å². The third kappa shape index (κ3) is 2.80. The molecule has 0 radical (unpaired) electrons. The van der Waals surface area contributed by atoms with Gasteiger partial charge < -0.3 is 14.5 Å². The van der Waals surface area contributed by atoms with Gasteiger partial charge in [0.2, 0.25) is 17.7 Å². The lowest BCUT2D eigenvalue weighted by atomic mass is 10.2. The van der Waals surface area contributed by atoms with E-state index in [4.69, 9.17) is 4.74 Å². The van der Waals surface area contributed by atoms with Crippen LogP contribution in [0.25, 0.3) is 0 Å². The summed E-state index contributed by atoms with van der Waals surface area (Å²) >= 11 is 0. The van der Waals surface area contributed by atoms with Crippen molar-refractivity contribution in [1.82, 2.24) is 15.0 Å². The number of pyridine rings is 1. The monoisotopic (exact) mass is 303 g/mol. The fourth-order valence-electron chi connectivity index (χ4n) is 2.26. The molecule has 22 heavy (non-hydrogen) atoms. The van der Waals surface area contributed by atoms with Gasteiger partial charge in [-0.25, -0.2) is 19.3 Å². The van der Waals surface area contributed by atoms with Gasteiger partial charge in [0.1, 0.15) is 6.54 Å². The molecule has 0 N–H and O–H groups in total. The minimum Gasteiger partial charge on any atom is -0.481 e. The number of rotatable bonds is 3. The van der Waals surface area contributed by atoms with Gasteiger partial charge in [0.15, 0.2) is 5.82 Å². The summed E-state index contributed by atoms with van der Waals surface area (Å²) in [5.41, 5.74) is 0.733. The van der Waals surface area contributed by atoms with Crippen LogP contribution in [0.2, 0.25) is 0 Å². The van der Waals surface area contributed by atoms with Crippen LogP contribution in [0.15, 0.2) is 30.7 Å². The van der Waals surface area contributed by atoms with Crippen molar-refractivity contribution in [2.45, 2.75) is 0 Å². The first-order valence-electron chi connectivity index (χ1n) is 6.70. The summed E-state index contributed by atoms with van der Waals surface area (Å²) in [6.45, 7) is 1.17. The molecule has 3 rings (SSSR count). The van der Waals surface area contributed by atoms with Crippen LogP contribution in [0.4, 0.5) is 16.0 Å². The fraction of sp³-hybridized carbons (Fsp3) is 0.286. The lowest BCUT2D eigenvalue weighted by Crippen LogP contribution is -2.51. The average molecular weight is 303 g/mol. The number of carbonyl (C=O) groups is 1. The predicted molar refractivity (Wildman–Crippen MR) is 77.3 cm³/mol. The topological polar surface area (TPSA) is 71.5 Å². The van der Waals surface area contributed by atoms with Crippen LogP contribution in [0, 0.1) is 5.82 Å². The molecule has 0 spiro atoms. The Morgan fingerprint density at radius 3 is 2.68 bits per heavy atom. The highest BCUT2D eigenvalue weighted by Gasteiger charge is 2.26. The number of halogens is 1. The third-order valence-corrected chi connectivity index (χ3v) is 3.35. The van der Waals surface area contributed by atoms with E-state index in [0.717, 1.165) is 18.1 Å². The number of aromatic nitrogens is 3.